The summed E-state index contributed by atoms with van der Waals surface area (Å²) in [7, 11) is -1.48. The molecule has 0 bridgehead atoms. The zero-order valence-corrected chi connectivity index (χ0v) is 9.13. The molecule has 0 amide bonds. The van der Waals surface area contributed by atoms with Gasteiger partial charge in [-0.3, -0.25) is 0 Å². The van der Waals surface area contributed by atoms with Crippen LogP contribution < -0.4 is 5.46 Å². The van der Waals surface area contributed by atoms with E-state index in [1.54, 1.807) is 35.8 Å². The van der Waals surface area contributed by atoms with Crippen LogP contribution in [0, 0.1) is 0 Å². The van der Waals surface area contributed by atoms with E-state index in [1.807, 2.05) is 0 Å². The summed E-state index contributed by atoms with van der Waals surface area (Å²) in [5, 5.41) is 30.2. The number of aromatic nitrogens is 1. The Bertz CT molecular complexity index is 444. The van der Waals surface area contributed by atoms with Crippen LogP contribution in [0.5, 0.6) is 0 Å². The van der Waals surface area contributed by atoms with Crippen molar-refractivity contribution in [2.75, 3.05) is 0 Å². The summed E-state index contributed by atoms with van der Waals surface area (Å²) in [6.45, 7) is 0. The summed E-state index contributed by atoms with van der Waals surface area (Å²) in [6.07, 6.45) is 0.875. The van der Waals surface area contributed by atoms with Crippen molar-refractivity contribution in [1.82, 2.24) is 4.98 Å². The first kappa shape index (κ1) is 11.3. The van der Waals surface area contributed by atoms with Crippen molar-refractivity contribution < 1.29 is 15.2 Å². The van der Waals surface area contributed by atoms with Crippen LogP contribution in [0.2, 0.25) is 0 Å². The third kappa shape index (κ3) is 2.30. The van der Waals surface area contributed by atoms with Crippen molar-refractivity contribution in [2.24, 2.45) is 0 Å². The smallest absolute Gasteiger partial charge is 0.423 e. The maximum Gasteiger partial charge on any atom is 0.488 e. The minimum atomic E-state index is -1.48. The second kappa shape index (κ2) is 4.75. The minimum absolute atomic E-state index is 0.398. The first-order chi connectivity index (χ1) is 7.68. The van der Waals surface area contributed by atoms with Crippen molar-refractivity contribution in [2.45, 2.75) is 6.10 Å². The molecule has 1 unspecified atom stereocenters. The van der Waals surface area contributed by atoms with Crippen LogP contribution in [0.3, 0.4) is 0 Å². The van der Waals surface area contributed by atoms with Crippen LogP contribution in [-0.4, -0.2) is 27.3 Å². The molecule has 3 N–H and O–H groups in total. The largest absolute Gasteiger partial charge is 0.488 e. The van der Waals surface area contributed by atoms with Gasteiger partial charge in [0.1, 0.15) is 11.1 Å². The molecule has 0 radical (unpaired) electrons. The zero-order valence-electron chi connectivity index (χ0n) is 8.32. The summed E-state index contributed by atoms with van der Waals surface area (Å²) >= 11 is 1.38. The molecule has 16 heavy (non-hydrogen) atoms. The minimum Gasteiger partial charge on any atom is -0.423 e. The average molecular weight is 235 g/mol. The van der Waals surface area contributed by atoms with Crippen LogP contribution in [-0.2, 0) is 0 Å². The lowest BCUT2D eigenvalue weighted by Gasteiger charge is -2.08. The van der Waals surface area contributed by atoms with Crippen LogP contribution >= 0.6 is 11.3 Å². The monoisotopic (exact) mass is 235 g/mol. The lowest BCUT2D eigenvalue weighted by molar-refractivity contribution is 0.220. The van der Waals surface area contributed by atoms with E-state index in [2.05, 4.69) is 4.98 Å². The van der Waals surface area contributed by atoms with Gasteiger partial charge in [0, 0.05) is 11.6 Å². The third-order valence-corrected chi connectivity index (χ3v) is 3.06. The van der Waals surface area contributed by atoms with Gasteiger partial charge in [-0.1, -0.05) is 24.3 Å². The molecule has 2 aromatic rings. The summed E-state index contributed by atoms with van der Waals surface area (Å²) in [5.41, 5.74) is 1.08. The molecule has 0 saturated heterocycles. The first-order valence-corrected chi connectivity index (χ1v) is 5.60. The second-order valence-electron chi connectivity index (χ2n) is 3.31. The van der Waals surface area contributed by atoms with E-state index in [9.17, 15) is 5.11 Å². The van der Waals surface area contributed by atoms with Crippen LogP contribution in [0.1, 0.15) is 16.7 Å². The quantitative estimate of drug-likeness (QED) is 0.650. The number of aliphatic hydroxyl groups excluding tert-OH is 1. The van der Waals surface area contributed by atoms with Gasteiger partial charge < -0.3 is 15.2 Å². The molecular formula is C10H10BNO3S. The van der Waals surface area contributed by atoms with Gasteiger partial charge >= 0.3 is 7.12 Å². The van der Waals surface area contributed by atoms with Gasteiger partial charge in [-0.25, -0.2) is 4.98 Å². The molecule has 82 valence electrons. The van der Waals surface area contributed by atoms with Crippen LogP contribution in [0.4, 0.5) is 0 Å². The lowest BCUT2D eigenvalue weighted by Crippen LogP contribution is -2.29. The maximum absolute atomic E-state index is 9.93. The number of nitrogens with zero attached hydrogens (tertiary/aromatic N) is 1. The number of benzene rings is 1. The standard InChI is InChI=1S/C10H10BNO3S/c13-9(10-12-5-6-16-10)7-1-3-8(4-2-7)11(14)15/h1-6,9,13-15H. The van der Waals surface area contributed by atoms with Gasteiger partial charge in [-0.15, -0.1) is 11.3 Å². The number of hydrogen-bond acceptors (Lipinski definition) is 5. The fourth-order valence-corrected chi connectivity index (χ4v) is 2.01. The van der Waals surface area contributed by atoms with Crippen molar-refractivity contribution in [3.05, 3.63) is 46.4 Å². The highest BCUT2D eigenvalue weighted by Gasteiger charge is 2.15. The molecule has 2 rings (SSSR count). The maximum atomic E-state index is 9.93. The topological polar surface area (TPSA) is 73.6 Å². The third-order valence-electron chi connectivity index (χ3n) is 2.24. The highest BCUT2D eigenvalue weighted by Crippen LogP contribution is 2.22. The van der Waals surface area contributed by atoms with Crippen LogP contribution in [0.15, 0.2) is 35.8 Å². The Labute approximate surface area is 97.0 Å². The normalized spacial score (nSPS) is 12.4. The molecule has 0 aliphatic carbocycles. The molecule has 0 aliphatic rings. The fraction of sp³-hybridized carbons (Fsp3) is 0.100. The predicted molar refractivity (Wildman–Crippen MR) is 62.4 cm³/mol. The number of hydrogen-bond donors (Lipinski definition) is 3. The molecule has 0 saturated carbocycles. The van der Waals surface area contributed by atoms with Gasteiger partial charge in [-0.2, -0.15) is 0 Å². The highest BCUT2D eigenvalue weighted by molar-refractivity contribution is 7.09. The van der Waals surface area contributed by atoms with Crippen molar-refractivity contribution in [3.63, 3.8) is 0 Å². The molecule has 1 heterocycles. The molecule has 0 spiro atoms. The Morgan fingerprint density at radius 2 is 1.88 bits per heavy atom. The molecule has 1 atom stereocenters. The SMILES string of the molecule is OB(O)c1ccc(C(O)c2nccs2)cc1. The second-order valence-corrected chi connectivity index (χ2v) is 4.24. The Morgan fingerprint density at radius 1 is 1.19 bits per heavy atom. The van der Waals surface area contributed by atoms with E-state index in [0.29, 0.717) is 16.0 Å². The summed E-state index contributed by atoms with van der Waals surface area (Å²) < 4.78 is 0. The molecule has 1 aromatic carbocycles. The number of rotatable bonds is 3. The molecule has 0 fully saturated rings. The highest BCUT2D eigenvalue weighted by atomic mass is 32.1. The van der Waals surface area contributed by atoms with E-state index in [-0.39, 0.29) is 0 Å². The van der Waals surface area contributed by atoms with Crippen molar-refractivity contribution in [1.29, 1.82) is 0 Å². The Kier molecular flexibility index (Phi) is 3.35. The molecule has 4 nitrogen and oxygen atoms in total. The molecule has 0 aliphatic heterocycles. The number of thiazole rings is 1. The molecule has 6 heteroatoms. The Morgan fingerprint density at radius 3 is 2.38 bits per heavy atom. The summed E-state index contributed by atoms with van der Waals surface area (Å²) in [6, 6.07) is 6.44. The van der Waals surface area contributed by atoms with E-state index in [4.69, 9.17) is 10.0 Å². The average Bonchev–Trinajstić information content (AvgIpc) is 2.81. The fourth-order valence-electron chi connectivity index (χ4n) is 1.36. The predicted octanol–water partition coefficient (Wildman–Crippen LogP) is -0.0954. The molecular weight excluding hydrogens is 225 g/mol. The lowest BCUT2D eigenvalue weighted by atomic mass is 9.80. The van der Waals surface area contributed by atoms with Crippen molar-refractivity contribution >= 4 is 23.9 Å². The van der Waals surface area contributed by atoms with Crippen LogP contribution in [0.25, 0.3) is 0 Å². The summed E-state index contributed by atoms with van der Waals surface area (Å²) in [4.78, 5) is 4.02. The first-order valence-electron chi connectivity index (χ1n) is 4.72. The van der Waals surface area contributed by atoms with Gasteiger partial charge in [0.05, 0.1) is 0 Å². The number of aliphatic hydroxyl groups is 1. The zero-order chi connectivity index (χ0) is 11.5. The van der Waals surface area contributed by atoms with Gasteiger partial charge in [0.25, 0.3) is 0 Å². The Hall–Kier alpha value is -1.21. The van der Waals surface area contributed by atoms with E-state index in [0.717, 1.165) is 0 Å². The summed E-state index contributed by atoms with van der Waals surface area (Å²) in [5.74, 6) is 0. The Balaban J connectivity index is 2.22. The van der Waals surface area contributed by atoms with Crippen molar-refractivity contribution in [3.8, 4) is 0 Å². The van der Waals surface area contributed by atoms with E-state index in [1.165, 1.54) is 11.3 Å². The van der Waals surface area contributed by atoms with Gasteiger partial charge in [0.2, 0.25) is 0 Å². The van der Waals surface area contributed by atoms with Gasteiger partial charge in [0.15, 0.2) is 0 Å². The van der Waals surface area contributed by atoms with Gasteiger partial charge in [-0.05, 0) is 11.0 Å². The van der Waals surface area contributed by atoms with E-state index >= 15 is 0 Å². The van der Waals surface area contributed by atoms with E-state index < -0.39 is 13.2 Å². The molecule has 1 aromatic heterocycles.